The van der Waals surface area contributed by atoms with Crippen molar-refractivity contribution in [1.82, 2.24) is 5.32 Å². The van der Waals surface area contributed by atoms with E-state index in [1.807, 2.05) is 0 Å². The summed E-state index contributed by atoms with van der Waals surface area (Å²) in [5.74, 6) is -0.00338. The number of hydrogen-bond donors (Lipinski definition) is 1. The topological polar surface area (TPSA) is 102 Å². The van der Waals surface area contributed by atoms with Gasteiger partial charge in [-0.3, -0.25) is 19.7 Å². The van der Waals surface area contributed by atoms with Crippen molar-refractivity contribution in [3.8, 4) is 5.75 Å². The van der Waals surface area contributed by atoms with Crippen LogP contribution in [-0.4, -0.2) is 36.4 Å². The van der Waals surface area contributed by atoms with Gasteiger partial charge in [-0.2, -0.15) is 0 Å². The molecule has 0 unspecified atom stereocenters. The highest BCUT2D eigenvalue weighted by Crippen LogP contribution is 2.25. The third-order valence-electron chi connectivity index (χ3n) is 4.19. The van der Waals surface area contributed by atoms with Crippen molar-refractivity contribution in [1.29, 1.82) is 0 Å². The summed E-state index contributed by atoms with van der Waals surface area (Å²) in [6.45, 7) is 0.303. The Morgan fingerprint density at radius 2 is 1.92 bits per heavy atom. The van der Waals surface area contributed by atoms with E-state index in [1.54, 1.807) is 42.3 Å². The number of nitrogens with zero attached hydrogens (tertiary/aromatic N) is 2. The molecule has 0 saturated carbocycles. The first-order valence-electron chi connectivity index (χ1n) is 7.98. The molecule has 1 atom stereocenters. The van der Waals surface area contributed by atoms with E-state index in [-0.39, 0.29) is 23.6 Å². The molecular weight excluding hydrogens is 338 g/mol. The van der Waals surface area contributed by atoms with Crippen LogP contribution in [0.5, 0.6) is 5.75 Å². The van der Waals surface area contributed by atoms with Crippen LogP contribution in [-0.2, 0) is 4.79 Å². The molecule has 2 aromatic rings. The van der Waals surface area contributed by atoms with Gasteiger partial charge in [0.2, 0.25) is 5.91 Å². The lowest BCUT2D eigenvalue weighted by Gasteiger charge is -2.17. The maximum Gasteiger partial charge on any atom is 0.282 e. The van der Waals surface area contributed by atoms with Gasteiger partial charge in [0.1, 0.15) is 11.3 Å². The Morgan fingerprint density at radius 1 is 1.23 bits per heavy atom. The number of hydrogen-bond acceptors (Lipinski definition) is 5. The van der Waals surface area contributed by atoms with Crippen molar-refractivity contribution in [2.75, 3.05) is 18.6 Å². The Hall–Kier alpha value is -3.42. The van der Waals surface area contributed by atoms with Gasteiger partial charge in [0.05, 0.1) is 18.1 Å². The molecule has 0 aromatic heterocycles. The highest BCUT2D eigenvalue weighted by Gasteiger charge is 2.32. The van der Waals surface area contributed by atoms with Crippen LogP contribution in [0.15, 0.2) is 48.5 Å². The lowest BCUT2D eigenvalue weighted by Crippen LogP contribution is -2.37. The molecule has 0 bridgehead atoms. The first-order chi connectivity index (χ1) is 12.5. The standard InChI is InChI=1S/C18H17N3O5/c1-26-14-8-6-13(7-9-14)20-11-12(10-17(20)22)19-18(23)15-4-2-3-5-16(15)21(24)25/h2-9,12H,10-11H2,1H3,(H,19,23)/t12-/m1/s1. The van der Waals surface area contributed by atoms with Gasteiger partial charge in [-0.05, 0) is 30.3 Å². The first kappa shape index (κ1) is 17.4. The number of ether oxygens (including phenoxy) is 1. The molecular formula is C18H17N3O5. The summed E-state index contributed by atoms with van der Waals surface area (Å²) in [5.41, 5.74) is 0.424. The van der Waals surface area contributed by atoms with Crippen molar-refractivity contribution in [3.05, 3.63) is 64.2 Å². The maximum atomic E-state index is 12.4. The molecule has 3 rings (SSSR count). The van der Waals surface area contributed by atoms with Crippen LogP contribution >= 0.6 is 0 Å². The average Bonchev–Trinajstić information content (AvgIpc) is 3.01. The lowest BCUT2D eigenvalue weighted by molar-refractivity contribution is -0.385. The molecule has 8 nitrogen and oxygen atoms in total. The molecule has 2 aromatic carbocycles. The van der Waals surface area contributed by atoms with Gasteiger partial charge in [-0.25, -0.2) is 0 Å². The van der Waals surface area contributed by atoms with Crippen LogP contribution in [0.2, 0.25) is 0 Å². The number of rotatable bonds is 5. The van der Waals surface area contributed by atoms with E-state index in [0.29, 0.717) is 18.0 Å². The fraction of sp³-hybridized carbons (Fsp3) is 0.222. The molecule has 1 heterocycles. The Morgan fingerprint density at radius 3 is 2.58 bits per heavy atom. The molecule has 134 valence electrons. The molecule has 8 heteroatoms. The molecule has 0 spiro atoms. The number of nitro groups is 1. The quantitative estimate of drug-likeness (QED) is 0.654. The molecule has 26 heavy (non-hydrogen) atoms. The Balaban J connectivity index is 1.71. The summed E-state index contributed by atoms with van der Waals surface area (Å²) in [4.78, 5) is 36.7. The molecule has 1 aliphatic heterocycles. The number of para-hydroxylation sites is 1. The second-order valence-electron chi connectivity index (χ2n) is 5.85. The summed E-state index contributed by atoms with van der Waals surface area (Å²) >= 11 is 0. The van der Waals surface area contributed by atoms with Crippen LogP contribution in [0.25, 0.3) is 0 Å². The monoisotopic (exact) mass is 355 g/mol. The Kier molecular flexibility index (Phi) is 4.83. The summed E-state index contributed by atoms with van der Waals surface area (Å²) in [6.07, 6.45) is 0.137. The van der Waals surface area contributed by atoms with E-state index in [0.717, 1.165) is 0 Å². The van der Waals surface area contributed by atoms with E-state index in [1.165, 1.54) is 18.2 Å². The minimum atomic E-state index is -0.599. The summed E-state index contributed by atoms with van der Waals surface area (Å²) in [6, 6.07) is 12.3. The van der Waals surface area contributed by atoms with Gasteiger partial charge in [-0.15, -0.1) is 0 Å². The molecule has 1 fully saturated rings. The lowest BCUT2D eigenvalue weighted by atomic mass is 10.1. The van der Waals surface area contributed by atoms with Gasteiger partial charge in [0.25, 0.3) is 11.6 Å². The van der Waals surface area contributed by atoms with Crippen molar-refractivity contribution in [3.63, 3.8) is 0 Å². The average molecular weight is 355 g/mol. The van der Waals surface area contributed by atoms with Gasteiger partial charge < -0.3 is 15.0 Å². The van der Waals surface area contributed by atoms with E-state index < -0.39 is 16.9 Å². The Labute approximate surface area is 149 Å². The number of carbonyl (C=O) groups is 2. The van der Waals surface area contributed by atoms with Gasteiger partial charge >= 0.3 is 0 Å². The van der Waals surface area contributed by atoms with Crippen LogP contribution in [0.3, 0.4) is 0 Å². The van der Waals surface area contributed by atoms with Crippen molar-refractivity contribution in [2.24, 2.45) is 0 Å². The van der Waals surface area contributed by atoms with E-state index >= 15 is 0 Å². The van der Waals surface area contributed by atoms with E-state index in [4.69, 9.17) is 4.74 Å². The van der Waals surface area contributed by atoms with Crippen LogP contribution in [0.4, 0.5) is 11.4 Å². The number of anilines is 1. The van der Waals surface area contributed by atoms with Crippen LogP contribution < -0.4 is 15.0 Å². The Bertz CT molecular complexity index is 850. The number of carbonyl (C=O) groups excluding carboxylic acids is 2. The zero-order valence-corrected chi connectivity index (χ0v) is 14.0. The number of nitrogens with one attached hydrogen (secondary N) is 1. The van der Waals surface area contributed by atoms with Gasteiger partial charge in [0.15, 0.2) is 0 Å². The highest BCUT2D eigenvalue weighted by molar-refractivity contribution is 6.00. The molecule has 0 radical (unpaired) electrons. The van der Waals surface area contributed by atoms with Gasteiger partial charge in [-0.1, -0.05) is 12.1 Å². The number of nitro benzene ring substituents is 1. The second-order valence-corrected chi connectivity index (χ2v) is 5.85. The van der Waals surface area contributed by atoms with E-state index in [9.17, 15) is 19.7 Å². The largest absolute Gasteiger partial charge is 0.497 e. The normalized spacial score (nSPS) is 16.4. The summed E-state index contributed by atoms with van der Waals surface area (Å²) < 4.78 is 5.10. The predicted octanol–water partition coefficient (Wildman–Crippen LogP) is 2.14. The molecule has 2 amide bonds. The highest BCUT2D eigenvalue weighted by atomic mass is 16.6. The van der Waals surface area contributed by atoms with Crippen molar-refractivity contribution < 1.29 is 19.2 Å². The zero-order valence-electron chi connectivity index (χ0n) is 14.0. The van der Waals surface area contributed by atoms with Crippen molar-refractivity contribution in [2.45, 2.75) is 12.5 Å². The minimum Gasteiger partial charge on any atom is -0.497 e. The molecule has 1 saturated heterocycles. The fourth-order valence-electron chi connectivity index (χ4n) is 2.90. The molecule has 1 aliphatic rings. The second kappa shape index (κ2) is 7.22. The minimum absolute atomic E-state index is 0.0205. The summed E-state index contributed by atoms with van der Waals surface area (Å²) in [5, 5.41) is 13.8. The summed E-state index contributed by atoms with van der Waals surface area (Å²) in [7, 11) is 1.56. The number of methoxy groups -OCH3 is 1. The molecule has 0 aliphatic carbocycles. The maximum absolute atomic E-state index is 12.4. The predicted molar refractivity (Wildman–Crippen MR) is 94.3 cm³/mol. The fourth-order valence-corrected chi connectivity index (χ4v) is 2.90. The zero-order chi connectivity index (χ0) is 18.7. The molecule has 1 N–H and O–H groups in total. The van der Waals surface area contributed by atoms with E-state index in [2.05, 4.69) is 5.32 Å². The number of amides is 2. The smallest absolute Gasteiger partial charge is 0.282 e. The van der Waals surface area contributed by atoms with Crippen LogP contribution in [0, 0.1) is 10.1 Å². The third-order valence-corrected chi connectivity index (χ3v) is 4.19. The van der Waals surface area contributed by atoms with Crippen molar-refractivity contribution >= 4 is 23.2 Å². The first-order valence-corrected chi connectivity index (χ1v) is 7.98. The van der Waals surface area contributed by atoms with Gasteiger partial charge in [0, 0.05) is 24.7 Å². The van der Waals surface area contributed by atoms with Crippen LogP contribution in [0.1, 0.15) is 16.8 Å². The third kappa shape index (κ3) is 3.49. The SMILES string of the molecule is COc1ccc(N2C[C@H](NC(=O)c3ccccc3[N+](=O)[O-])CC2=O)cc1. The number of benzene rings is 2.